The summed E-state index contributed by atoms with van der Waals surface area (Å²) in [4.78, 5) is 12.4. The Hall–Kier alpha value is -1.25. The van der Waals surface area contributed by atoms with Gasteiger partial charge in [-0.2, -0.15) is 0 Å². The van der Waals surface area contributed by atoms with Crippen LogP contribution in [-0.2, 0) is 0 Å². The molecule has 3 heteroatoms. The molecule has 0 radical (unpaired) electrons. The number of allylic oxidation sites excluding steroid dienone is 2. The van der Waals surface area contributed by atoms with Crippen LogP contribution in [0.1, 0.15) is 66.7 Å². The van der Waals surface area contributed by atoms with Crippen LogP contribution in [0.25, 0.3) is 0 Å². The smallest absolute Gasteiger partial charge is 0.319 e. The molecule has 0 aromatic carbocycles. The second kappa shape index (κ2) is 3.80. The molecule has 1 heterocycles. The second-order valence-electron chi connectivity index (χ2n) is 10.1. The Morgan fingerprint density at radius 2 is 1.68 bits per heavy atom. The molecule has 2 N–H and O–H groups in total. The van der Waals surface area contributed by atoms with Crippen molar-refractivity contribution in [1.82, 2.24) is 10.6 Å². The summed E-state index contributed by atoms with van der Waals surface area (Å²) in [5.41, 5.74) is 4.64. The molecule has 22 heavy (non-hydrogen) atoms. The van der Waals surface area contributed by atoms with Gasteiger partial charge in [0.05, 0.1) is 5.54 Å². The van der Waals surface area contributed by atoms with E-state index in [0.29, 0.717) is 0 Å². The van der Waals surface area contributed by atoms with Crippen LogP contribution in [0.5, 0.6) is 0 Å². The quantitative estimate of drug-likeness (QED) is 0.689. The third kappa shape index (κ3) is 1.97. The molecule has 1 spiro atoms. The van der Waals surface area contributed by atoms with Gasteiger partial charge in [-0.25, -0.2) is 4.79 Å². The van der Waals surface area contributed by atoms with Gasteiger partial charge in [-0.05, 0) is 59.5 Å². The molecular formula is C19H28N2O. The van der Waals surface area contributed by atoms with E-state index >= 15 is 0 Å². The molecule has 1 aliphatic heterocycles. The van der Waals surface area contributed by atoms with Gasteiger partial charge in [0, 0.05) is 5.70 Å². The average molecular weight is 300 g/mol. The molecule has 0 saturated heterocycles. The van der Waals surface area contributed by atoms with Gasteiger partial charge in [0.25, 0.3) is 0 Å². The highest BCUT2D eigenvalue weighted by molar-refractivity contribution is 5.81. The molecular weight excluding hydrogens is 272 g/mol. The lowest BCUT2D eigenvalue weighted by molar-refractivity contribution is 0.0548. The first-order chi connectivity index (χ1) is 10.0. The van der Waals surface area contributed by atoms with Gasteiger partial charge >= 0.3 is 6.03 Å². The van der Waals surface area contributed by atoms with E-state index in [9.17, 15) is 4.79 Å². The summed E-state index contributed by atoms with van der Waals surface area (Å²) >= 11 is 0. The van der Waals surface area contributed by atoms with Crippen LogP contribution in [0.3, 0.4) is 0 Å². The van der Waals surface area contributed by atoms with E-state index in [4.69, 9.17) is 0 Å². The molecule has 0 aromatic heterocycles. The minimum atomic E-state index is -0.144. The highest BCUT2D eigenvalue weighted by Crippen LogP contribution is 2.61. The Kier molecular flexibility index (Phi) is 2.48. The van der Waals surface area contributed by atoms with Crippen molar-refractivity contribution in [2.24, 2.45) is 16.2 Å². The van der Waals surface area contributed by atoms with Crippen molar-refractivity contribution in [3.8, 4) is 0 Å². The van der Waals surface area contributed by atoms with Gasteiger partial charge in [-0.3, -0.25) is 0 Å². The van der Waals surface area contributed by atoms with Crippen molar-refractivity contribution < 1.29 is 4.79 Å². The molecule has 1 fully saturated rings. The van der Waals surface area contributed by atoms with E-state index in [2.05, 4.69) is 51.3 Å². The predicted molar refractivity (Wildman–Crippen MR) is 88.3 cm³/mol. The SMILES string of the molecule is CC1(C)CC2=CC3(C)CC(C)(C)CC4(C3)NC(=O)NC(=C24)C1. The van der Waals surface area contributed by atoms with Gasteiger partial charge in [0.15, 0.2) is 0 Å². The molecule has 2 bridgehead atoms. The van der Waals surface area contributed by atoms with E-state index < -0.39 is 0 Å². The Labute approximate surface area is 133 Å². The molecule has 0 aromatic rings. The van der Waals surface area contributed by atoms with Crippen LogP contribution < -0.4 is 10.6 Å². The summed E-state index contributed by atoms with van der Waals surface area (Å²) in [5, 5.41) is 6.48. The molecule has 2 unspecified atom stereocenters. The normalized spacial score (nSPS) is 41.1. The Bertz CT molecular complexity index is 640. The van der Waals surface area contributed by atoms with E-state index in [1.807, 2.05) is 0 Å². The topological polar surface area (TPSA) is 41.1 Å². The number of carbonyl (C=O) groups excluding carboxylic acids is 1. The average Bonchev–Trinajstić information content (AvgIpc) is 2.18. The maximum atomic E-state index is 12.4. The highest BCUT2D eigenvalue weighted by Gasteiger charge is 2.57. The maximum absolute atomic E-state index is 12.4. The number of nitrogens with one attached hydrogen (secondary N) is 2. The molecule has 1 saturated carbocycles. The molecule has 4 rings (SSSR count). The third-order valence-electron chi connectivity index (χ3n) is 5.93. The van der Waals surface area contributed by atoms with Crippen molar-refractivity contribution in [3.63, 3.8) is 0 Å². The molecule has 2 atom stereocenters. The van der Waals surface area contributed by atoms with E-state index in [-0.39, 0.29) is 27.8 Å². The van der Waals surface area contributed by atoms with E-state index in [1.54, 1.807) is 0 Å². The van der Waals surface area contributed by atoms with Gasteiger partial charge in [-0.15, -0.1) is 0 Å². The number of rotatable bonds is 0. The van der Waals surface area contributed by atoms with Gasteiger partial charge in [-0.1, -0.05) is 40.7 Å². The van der Waals surface area contributed by atoms with Crippen molar-refractivity contribution >= 4 is 6.03 Å². The molecule has 4 aliphatic rings. The molecule has 2 amide bonds. The van der Waals surface area contributed by atoms with Gasteiger partial charge in [0.2, 0.25) is 0 Å². The fourth-order valence-corrected chi connectivity index (χ4v) is 6.28. The Morgan fingerprint density at radius 3 is 2.41 bits per heavy atom. The first-order valence-electron chi connectivity index (χ1n) is 8.57. The van der Waals surface area contributed by atoms with Crippen LogP contribution in [0.2, 0.25) is 0 Å². The summed E-state index contributed by atoms with van der Waals surface area (Å²) < 4.78 is 0. The number of hydrogen-bond donors (Lipinski definition) is 2. The largest absolute Gasteiger partial charge is 0.328 e. The molecule has 120 valence electrons. The lowest BCUT2D eigenvalue weighted by Gasteiger charge is -2.60. The lowest BCUT2D eigenvalue weighted by atomic mass is 9.49. The van der Waals surface area contributed by atoms with Crippen LogP contribution in [0, 0.1) is 16.2 Å². The minimum absolute atomic E-state index is 0.00208. The Morgan fingerprint density at radius 1 is 0.955 bits per heavy atom. The highest BCUT2D eigenvalue weighted by atomic mass is 16.2. The number of fused-ring (bicyclic) bond motifs is 1. The monoisotopic (exact) mass is 300 g/mol. The summed E-state index contributed by atoms with van der Waals surface area (Å²) in [6.07, 6.45) is 7.96. The molecule has 3 aliphatic carbocycles. The third-order valence-corrected chi connectivity index (χ3v) is 5.93. The first kappa shape index (κ1) is 14.3. The van der Waals surface area contributed by atoms with Crippen molar-refractivity contribution in [1.29, 1.82) is 0 Å². The fourth-order valence-electron chi connectivity index (χ4n) is 6.28. The van der Waals surface area contributed by atoms with Gasteiger partial charge < -0.3 is 10.6 Å². The second-order valence-corrected chi connectivity index (χ2v) is 10.1. The number of carbonyl (C=O) groups is 1. The minimum Gasteiger partial charge on any atom is -0.328 e. The zero-order valence-electron chi connectivity index (χ0n) is 14.5. The summed E-state index contributed by atoms with van der Waals surface area (Å²) in [6.45, 7) is 11.7. The van der Waals surface area contributed by atoms with Gasteiger partial charge in [0.1, 0.15) is 0 Å². The number of urea groups is 1. The zero-order chi connectivity index (χ0) is 16.0. The standard InChI is InChI=1S/C19H28N2O/c1-16(2)6-12-7-18(5)9-17(3,4)10-19(11-18)14(12)13(8-16)20-15(22)21-19/h7H,6,8-11H2,1-5H3,(H2,20,21,22). The van der Waals surface area contributed by atoms with Crippen LogP contribution in [0.4, 0.5) is 4.79 Å². The summed E-state index contributed by atoms with van der Waals surface area (Å²) in [6, 6.07) is -0.00208. The van der Waals surface area contributed by atoms with Crippen molar-refractivity contribution in [3.05, 3.63) is 22.9 Å². The van der Waals surface area contributed by atoms with E-state index in [1.165, 1.54) is 23.3 Å². The van der Waals surface area contributed by atoms with Crippen LogP contribution in [-0.4, -0.2) is 11.6 Å². The zero-order valence-corrected chi connectivity index (χ0v) is 14.5. The molecule has 3 nitrogen and oxygen atoms in total. The summed E-state index contributed by atoms with van der Waals surface area (Å²) in [5.74, 6) is 0. The van der Waals surface area contributed by atoms with Crippen LogP contribution in [0.15, 0.2) is 22.9 Å². The lowest BCUT2D eigenvalue weighted by Crippen LogP contribution is -2.65. The number of amides is 2. The van der Waals surface area contributed by atoms with Crippen LogP contribution >= 0.6 is 0 Å². The number of hydrogen-bond acceptors (Lipinski definition) is 1. The Balaban J connectivity index is 1.96. The maximum Gasteiger partial charge on any atom is 0.319 e. The van der Waals surface area contributed by atoms with Crippen molar-refractivity contribution in [2.45, 2.75) is 72.3 Å². The summed E-state index contributed by atoms with van der Waals surface area (Å²) in [7, 11) is 0. The first-order valence-corrected chi connectivity index (χ1v) is 8.57. The van der Waals surface area contributed by atoms with E-state index in [0.717, 1.165) is 25.7 Å². The van der Waals surface area contributed by atoms with Crippen molar-refractivity contribution in [2.75, 3.05) is 0 Å². The fraction of sp³-hybridized carbons (Fsp3) is 0.737. The predicted octanol–water partition coefficient (Wildman–Crippen LogP) is 4.27.